The van der Waals surface area contributed by atoms with E-state index in [1.807, 2.05) is 0 Å². The topological polar surface area (TPSA) is 74.7 Å². The van der Waals surface area contributed by atoms with Crippen molar-refractivity contribution >= 4 is 39.5 Å². The van der Waals surface area contributed by atoms with Crippen LogP contribution in [0.1, 0.15) is 33.1 Å². The molecule has 0 saturated carbocycles. The largest absolute Gasteiger partial charge is 0.300 e. The summed E-state index contributed by atoms with van der Waals surface area (Å²) in [5, 5.41) is 0. The van der Waals surface area contributed by atoms with Crippen LogP contribution in [0.3, 0.4) is 0 Å². The smallest absolute Gasteiger partial charge is 0.265 e. The van der Waals surface area contributed by atoms with Gasteiger partial charge in [0, 0.05) is 18.4 Å². The van der Waals surface area contributed by atoms with Crippen molar-refractivity contribution in [1.29, 1.82) is 0 Å². The highest BCUT2D eigenvalue weighted by molar-refractivity contribution is 7.85. The van der Waals surface area contributed by atoms with E-state index in [1.54, 1.807) is 13.8 Å². The van der Waals surface area contributed by atoms with Crippen LogP contribution < -0.4 is 0 Å². The Morgan fingerprint density at radius 1 is 1.31 bits per heavy atom. The third-order valence-corrected chi connectivity index (χ3v) is 3.75. The Morgan fingerprint density at radius 2 is 1.81 bits per heavy atom. The summed E-state index contributed by atoms with van der Waals surface area (Å²) in [6.45, 7) is 3.51. The summed E-state index contributed by atoms with van der Waals surface area (Å²) >= 11 is 11.1. The average molecular weight is 292 g/mol. The predicted octanol–water partition coefficient (Wildman–Crippen LogP) is 2.00. The van der Waals surface area contributed by atoms with Gasteiger partial charge in [-0.15, -0.1) is 3.94 Å². The van der Waals surface area contributed by atoms with Crippen molar-refractivity contribution in [2.75, 3.05) is 5.75 Å². The van der Waals surface area contributed by atoms with Gasteiger partial charge < -0.3 is 0 Å². The minimum Gasteiger partial charge on any atom is -0.300 e. The van der Waals surface area contributed by atoms with Gasteiger partial charge in [0.25, 0.3) is 10.1 Å². The monoisotopic (exact) mass is 291 g/mol. The fraction of sp³-hybridized carbons (Fsp3) is 0.875. The lowest BCUT2D eigenvalue weighted by atomic mass is 9.98. The van der Waals surface area contributed by atoms with E-state index in [2.05, 4.69) is 0 Å². The molecule has 0 aromatic heterocycles. The van der Waals surface area contributed by atoms with Crippen molar-refractivity contribution < 1.29 is 17.8 Å². The van der Waals surface area contributed by atoms with Crippen LogP contribution in [0.15, 0.2) is 0 Å². The number of nitrogens with zero attached hydrogens (tertiary/aromatic N) is 1. The van der Waals surface area contributed by atoms with E-state index in [0.717, 1.165) is 3.94 Å². The van der Waals surface area contributed by atoms with Crippen LogP contribution in [0.2, 0.25) is 0 Å². The SMILES string of the molecule is CC(C)(CCC(=O)CCS(=O)(=O)O)N(Cl)Cl. The molecule has 0 aliphatic rings. The molecule has 0 aromatic carbocycles. The van der Waals surface area contributed by atoms with Gasteiger partial charge >= 0.3 is 0 Å². The molecule has 0 aliphatic heterocycles. The molecule has 0 fully saturated rings. The Bertz CT molecular complexity index is 340. The summed E-state index contributed by atoms with van der Waals surface area (Å²) in [4.78, 5) is 11.3. The van der Waals surface area contributed by atoms with E-state index in [-0.39, 0.29) is 18.6 Å². The number of rotatable bonds is 7. The highest BCUT2D eigenvalue weighted by Gasteiger charge is 2.25. The molecule has 16 heavy (non-hydrogen) atoms. The summed E-state index contributed by atoms with van der Waals surface area (Å²) in [6, 6.07) is 0. The molecule has 0 heterocycles. The summed E-state index contributed by atoms with van der Waals surface area (Å²) in [6.07, 6.45) is 0.377. The molecule has 96 valence electrons. The zero-order valence-corrected chi connectivity index (χ0v) is 11.4. The lowest BCUT2D eigenvalue weighted by Crippen LogP contribution is -2.31. The standard InChI is InChI=1S/C8H15Cl2NO4S/c1-8(2,11(9)10)5-3-7(12)4-6-16(13,14)15/h3-6H2,1-2H3,(H,13,14,15). The molecule has 0 unspecified atom stereocenters. The molecule has 0 saturated heterocycles. The number of hydrogen-bond acceptors (Lipinski definition) is 4. The van der Waals surface area contributed by atoms with Crippen molar-refractivity contribution in [3.8, 4) is 0 Å². The highest BCUT2D eigenvalue weighted by Crippen LogP contribution is 2.25. The fourth-order valence-corrected chi connectivity index (χ4v) is 1.55. The third-order valence-electron chi connectivity index (χ3n) is 2.11. The summed E-state index contributed by atoms with van der Waals surface area (Å²) < 4.78 is 30.2. The Hall–Kier alpha value is 0.120. The molecule has 0 bridgehead atoms. The van der Waals surface area contributed by atoms with E-state index in [9.17, 15) is 13.2 Å². The van der Waals surface area contributed by atoms with Gasteiger partial charge in [0.05, 0.1) is 5.75 Å². The molecule has 8 heteroatoms. The second kappa shape index (κ2) is 6.16. The van der Waals surface area contributed by atoms with Crippen LogP contribution in [0, 0.1) is 0 Å². The first kappa shape index (κ1) is 16.1. The number of hydrogen-bond donors (Lipinski definition) is 1. The zero-order valence-electron chi connectivity index (χ0n) is 9.11. The normalized spacial score (nSPS) is 13.1. The maximum atomic E-state index is 11.3. The summed E-state index contributed by atoms with van der Waals surface area (Å²) in [7, 11) is -4.07. The zero-order chi connectivity index (χ0) is 13.0. The Balaban J connectivity index is 4.00. The van der Waals surface area contributed by atoms with E-state index < -0.39 is 21.4 Å². The van der Waals surface area contributed by atoms with Crippen LogP contribution >= 0.6 is 23.6 Å². The molecule has 5 nitrogen and oxygen atoms in total. The molecule has 0 rings (SSSR count). The van der Waals surface area contributed by atoms with Crippen LogP contribution in [0.5, 0.6) is 0 Å². The molecule has 0 aromatic rings. The van der Waals surface area contributed by atoms with E-state index in [1.165, 1.54) is 0 Å². The van der Waals surface area contributed by atoms with E-state index in [0.29, 0.717) is 6.42 Å². The van der Waals surface area contributed by atoms with Gasteiger partial charge in [0.15, 0.2) is 0 Å². The van der Waals surface area contributed by atoms with Crippen LogP contribution in [0.25, 0.3) is 0 Å². The van der Waals surface area contributed by atoms with Crippen LogP contribution in [-0.4, -0.2) is 34.0 Å². The van der Waals surface area contributed by atoms with Gasteiger partial charge in [-0.05, 0) is 43.8 Å². The Morgan fingerprint density at radius 3 is 2.19 bits per heavy atom. The molecule has 0 spiro atoms. The van der Waals surface area contributed by atoms with Crippen molar-refractivity contribution in [3.63, 3.8) is 0 Å². The van der Waals surface area contributed by atoms with Gasteiger partial charge in [-0.25, -0.2) is 0 Å². The third kappa shape index (κ3) is 7.40. The molecular formula is C8H15Cl2NO4S. The van der Waals surface area contributed by atoms with E-state index in [4.69, 9.17) is 28.1 Å². The molecule has 0 radical (unpaired) electrons. The Kier molecular flexibility index (Phi) is 6.21. The highest BCUT2D eigenvalue weighted by atomic mass is 35.5. The number of carbonyl (C=O) groups is 1. The fourth-order valence-electron chi connectivity index (χ4n) is 0.898. The van der Waals surface area contributed by atoms with Crippen molar-refractivity contribution in [2.24, 2.45) is 0 Å². The molecular weight excluding hydrogens is 277 g/mol. The lowest BCUT2D eigenvalue weighted by Gasteiger charge is -2.26. The molecule has 1 N–H and O–H groups in total. The minimum absolute atomic E-state index is 0.165. The van der Waals surface area contributed by atoms with Crippen LogP contribution in [-0.2, 0) is 14.9 Å². The van der Waals surface area contributed by atoms with Crippen molar-refractivity contribution in [3.05, 3.63) is 0 Å². The molecule has 0 aliphatic carbocycles. The Labute approximate surface area is 106 Å². The van der Waals surface area contributed by atoms with Gasteiger partial charge in [-0.3, -0.25) is 9.35 Å². The van der Waals surface area contributed by atoms with Crippen molar-refractivity contribution in [2.45, 2.75) is 38.6 Å². The molecule has 0 atom stereocenters. The number of carbonyl (C=O) groups excluding carboxylic acids is 1. The van der Waals surface area contributed by atoms with Crippen LogP contribution in [0.4, 0.5) is 0 Å². The lowest BCUT2D eigenvalue weighted by molar-refractivity contribution is -0.119. The van der Waals surface area contributed by atoms with Gasteiger partial charge in [0.2, 0.25) is 0 Å². The summed E-state index contributed by atoms with van der Waals surface area (Å²) in [5.41, 5.74) is -0.559. The maximum Gasteiger partial charge on any atom is 0.265 e. The average Bonchev–Trinajstić information content (AvgIpc) is 2.10. The maximum absolute atomic E-state index is 11.3. The number of ketones is 1. The van der Waals surface area contributed by atoms with Crippen molar-refractivity contribution in [1.82, 2.24) is 3.94 Å². The number of halogens is 2. The van der Waals surface area contributed by atoms with Gasteiger partial charge in [-0.1, -0.05) is 0 Å². The minimum atomic E-state index is -4.07. The second-order valence-electron chi connectivity index (χ2n) is 4.12. The molecule has 0 amide bonds. The first-order valence-corrected chi connectivity index (χ1v) is 6.92. The number of Topliss-reactive ketones (excluding diaryl/α,β-unsaturated/α-hetero) is 1. The second-order valence-corrected chi connectivity index (χ2v) is 6.54. The van der Waals surface area contributed by atoms with E-state index >= 15 is 0 Å². The van der Waals surface area contributed by atoms with Gasteiger partial charge in [-0.2, -0.15) is 8.42 Å². The summed E-state index contributed by atoms with van der Waals surface area (Å²) in [5.74, 6) is -0.793. The van der Waals surface area contributed by atoms with Gasteiger partial charge in [0.1, 0.15) is 5.78 Å². The predicted molar refractivity (Wildman–Crippen MR) is 62.9 cm³/mol. The first-order chi connectivity index (χ1) is 7.04. The quantitative estimate of drug-likeness (QED) is 0.574. The first-order valence-electron chi connectivity index (χ1n) is 4.63.